The molecular weight excluding hydrogens is 490 g/mol. The van der Waals surface area contributed by atoms with Crippen LogP contribution in [0.2, 0.25) is 13.1 Å². The first-order valence-corrected chi connectivity index (χ1v) is 17.9. The Labute approximate surface area is 197 Å². The first-order valence-electron chi connectivity index (χ1n) is 9.60. The molecule has 0 saturated carbocycles. The zero-order valence-corrected chi connectivity index (χ0v) is 23.2. The van der Waals surface area contributed by atoms with Gasteiger partial charge in [-0.3, -0.25) is 0 Å². The average Bonchev–Trinajstić information content (AvgIpc) is 3.27. The molecule has 0 N–H and O–H groups in total. The summed E-state index contributed by atoms with van der Waals surface area (Å²) >= 11 is -0.826. The summed E-state index contributed by atoms with van der Waals surface area (Å²) < 4.78 is 0. The van der Waals surface area contributed by atoms with Gasteiger partial charge in [0.25, 0.3) is 0 Å². The maximum absolute atomic E-state index is 4.93. The van der Waals surface area contributed by atoms with Crippen molar-refractivity contribution in [2.75, 3.05) is 0 Å². The predicted octanol–water partition coefficient (Wildman–Crippen LogP) is 8.89. The molecule has 0 fully saturated rings. The van der Waals surface area contributed by atoms with Crippen molar-refractivity contribution in [2.45, 2.75) is 46.2 Å². The van der Waals surface area contributed by atoms with Crippen molar-refractivity contribution in [3.63, 3.8) is 0 Å². The fourth-order valence-corrected chi connectivity index (χ4v) is 3.11. The van der Waals surface area contributed by atoms with Gasteiger partial charge in [0.15, 0.2) is 0 Å². The summed E-state index contributed by atoms with van der Waals surface area (Å²) in [4.78, 5) is 0. The predicted molar refractivity (Wildman–Crippen MR) is 132 cm³/mol. The third-order valence-electron chi connectivity index (χ3n) is 4.25. The first kappa shape index (κ1) is 26.4. The molecule has 0 atom stereocenters. The molecule has 4 heteroatoms. The Morgan fingerprint density at radius 1 is 0.897 bits per heavy atom. The Kier molecular flexibility index (Phi) is 12.4. The third-order valence-corrected chi connectivity index (χ3v) is 4.25. The summed E-state index contributed by atoms with van der Waals surface area (Å²) in [6, 6.07) is 25.8. The van der Waals surface area contributed by atoms with Crippen molar-refractivity contribution in [3.05, 3.63) is 83.9 Å². The van der Waals surface area contributed by atoms with Gasteiger partial charge in [-0.2, -0.15) is 23.6 Å². The number of benzene rings is 2. The summed E-state index contributed by atoms with van der Waals surface area (Å²) in [6.45, 7) is 13.3. The van der Waals surface area contributed by atoms with Crippen LogP contribution >= 0.6 is 17.0 Å². The van der Waals surface area contributed by atoms with Crippen molar-refractivity contribution in [2.24, 2.45) is 0 Å². The van der Waals surface area contributed by atoms with Crippen LogP contribution in [0.4, 0.5) is 0 Å². The van der Waals surface area contributed by atoms with E-state index in [2.05, 4.69) is 114 Å². The second kappa shape index (κ2) is 13.6. The molecule has 0 unspecified atom stereocenters. The topological polar surface area (TPSA) is 0 Å². The summed E-state index contributed by atoms with van der Waals surface area (Å²) in [5, 5.41) is 5.45. The molecule has 4 aromatic rings. The van der Waals surface area contributed by atoms with Gasteiger partial charge in [-0.05, 0) is 5.41 Å². The van der Waals surface area contributed by atoms with Gasteiger partial charge in [0.05, 0.1) is 0 Å². The van der Waals surface area contributed by atoms with Crippen molar-refractivity contribution >= 4 is 48.1 Å². The molecule has 0 aliphatic carbocycles. The third kappa shape index (κ3) is 8.93. The van der Waals surface area contributed by atoms with Gasteiger partial charge in [0, 0.05) is 9.52 Å². The maximum Gasteiger partial charge on any atom is -0.0809 e. The minimum Gasteiger partial charge on any atom is -0.168 e. The summed E-state index contributed by atoms with van der Waals surface area (Å²) in [6.07, 6.45) is 0. The number of hydrogen-bond acceptors (Lipinski definition) is 0. The zero-order valence-electron chi connectivity index (χ0n) is 18.2. The van der Waals surface area contributed by atoms with E-state index >= 15 is 0 Å². The smallest absolute Gasteiger partial charge is 0.0809 e. The molecule has 0 bridgehead atoms. The van der Waals surface area contributed by atoms with Gasteiger partial charge < -0.3 is 0 Å². The molecule has 0 spiro atoms. The van der Waals surface area contributed by atoms with E-state index in [0.717, 1.165) is 9.52 Å². The Bertz CT molecular complexity index is 931. The molecule has 4 aromatic carbocycles. The molecule has 0 heterocycles. The Balaban J connectivity index is 0.000000240. The first-order chi connectivity index (χ1) is 13.8. The van der Waals surface area contributed by atoms with E-state index in [1.165, 1.54) is 32.7 Å². The second-order valence-corrected chi connectivity index (χ2v) is 12.5. The maximum atomic E-state index is 4.93. The normalized spacial score (nSPS) is 10.1. The molecule has 0 aliphatic rings. The van der Waals surface area contributed by atoms with Crippen LogP contribution in [-0.2, 0) is 26.3 Å². The molecule has 0 amide bonds. The Morgan fingerprint density at radius 3 is 2.07 bits per heavy atom. The van der Waals surface area contributed by atoms with Crippen LogP contribution in [0, 0.1) is 6.92 Å². The van der Waals surface area contributed by atoms with Crippen molar-refractivity contribution in [3.8, 4) is 0 Å². The molecule has 152 valence electrons. The number of hydrogen-bond donors (Lipinski definition) is 0. The molecule has 0 saturated heterocycles. The standard InChI is InChI=1S/C14H17.C9H7.C2H6Si.2ClH.Zr/c1-10-8-11-6-5-7-13(12(11)9-10)14(2,3)4;1-2-5-9-7-3-6-8(9)4-1;1-3-2;;;/h5-9H,1-4H3;1-7H;1-2H3;2*1H;/q2*-1;;;;+4/p-2. The van der Waals surface area contributed by atoms with Gasteiger partial charge >= 0.3 is 37.9 Å². The number of aryl methyl sites for hydroxylation is 1. The van der Waals surface area contributed by atoms with Crippen LogP contribution in [0.1, 0.15) is 31.9 Å². The fourth-order valence-electron chi connectivity index (χ4n) is 3.11. The van der Waals surface area contributed by atoms with E-state index in [-0.39, 0.29) is 5.41 Å². The number of halogens is 2. The summed E-state index contributed by atoms with van der Waals surface area (Å²) in [5.41, 5.74) is 3.04. The van der Waals surface area contributed by atoms with E-state index in [0.29, 0.717) is 0 Å². The molecule has 2 radical (unpaired) electrons. The zero-order chi connectivity index (χ0) is 21.9. The van der Waals surface area contributed by atoms with Gasteiger partial charge in [0.2, 0.25) is 0 Å². The molecule has 4 rings (SSSR count). The van der Waals surface area contributed by atoms with Crippen LogP contribution in [-0.4, -0.2) is 9.52 Å². The minimum atomic E-state index is -0.826. The van der Waals surface area contributed by atoms with Gasteiger partial charge in [0.1, 0.15) is 0 Å². The van der Waals surface area contributed by atoms with Crippen molar-refractivity contribution in [1.82, 2.24) is 0 Å². The number of fused-ring (bicyclic) bond motifs is 2. The number of rotatable bonds is 0. The minimum absolute atomic E-state index is 0.236. The Morgan fingerprint density at radius 2 is 1.48 bits per heavy atom. The average molecular weight is 521 g/mol. The van der Waals surface area contributed by atoms with Crippen LogP contribution < -0.4 is 0 Å². The Hall–Kier alpha value is -0.660. The summed E-state index contributed by atoms with van der Waals surface area (Å²) in [5.74, 6) is 0. The monoisotopic (exact) mass is 518 g/mol. The molecule has 29 heavy (non-hydrogen) atoms. The van der Waals surface area contributed by atoms with Crippen LogP contribution in [0.25, 0.3) is 21.5 Å². The van der Waals surface area contributed by atoms with E-state index in [1.54, 1.807) is 0 Å². The SMILES string of the molecule is C[Si]C.Cc1cc2c(C(C)(C)C)cccc2[cH-]1.[Cl][Zr+2][Cl].c1ccc2[cH-]ccc2c1. The largest absolute Gasteiger partial charge is 0.168 e. The molecule has 0 aromatic heterocycles. The van der Waals surface area contributed by atoms with Gasteiger partial charge in [-0.25, -0.2) is 0 Å². The fraction of sp³-hybridized carbons (Fsp3) is 0.280. The van der Waals surface area contributed by atoms with Crippen LogP contribution in [0.15, 0.2) is 72.8 Å². The van der Waals surface area contributed by atoms with E-state index in [9.17, 15) is 0 Å². The van der Waals surface area contributed by atoms with E-state index in [1.807, 2.05) is 0 Å². The van der Waals surface area contributed by atoms with Crippen molar-refractivity contribution in [1.29, 1.82) is 0 Å². The van der Waals surface area contributed by atoms with Gasteiger partial charge in [-0.15, -0.1) is 64.2 Å². The van der Waals surface area contributed by atoms with Crippen molar-refractivity contribution < 1.29 is 20.8 Å². The molecule has 0 aliphatic heterocycles. The summed E-state index contributed by atoms with van der Waals surface area (Å²) in [7, 11) is 11.0. The van der Waals surface area contributed by atoms with E-state index in [4.69, 9.17) is 17.0 Å². The molecular formula is C25H30Cl2SiZr. The molecule has 0 nitrogen and oxygen atoms in total. The van der Waals surface area contributed by atoms with Crippen LogP contribution in [0.5, 0.6) is 0 Å². The quantitative estimate of drug-likeness (QED) is 0.160. The van der Waals surface area contributed by atoms with E-state index < -0.39 is 20.8 Å². The second-order valence-electron chi connectivity index (χ2n) is 7.82. The van der Waals surface area contributed by atoms with Crippen LogP contribution in [0.3, 0.4) is 0 Å². The van der Waals surface area contributed by atoms with Gasteiger partial charge in [-0.1, -0.05) is 58.5 Å².